The van der Waals surface area contributed by atoms with Gasteiger partial charge in [-0.1, -0.05) is 11.6 Å². The molecule has 0 aliphatic rings. The second-order valence-electron chi connectivity index (χ2n) is 3.03. The highest BCUT2D eigenvalue weighted by Gasteiger charge is 2.03. The van der Waals surface area contributed by atoms with Crippen LogP contribution in [0.2, 0.25) is 5.02 Å². The van der Waals surface area contributed by atoms with Crippen molar-refractivity contribution in [1.29, 1.82) is 0 Å². The van der Waals surface area contributed by atoms with Gasteiger partial charge in [0, 0.05) is 12.2 Å². The summed E-state index contributed by atoms with van der Waals surface area (Å²) >= 11 is 5.86. The summed E-state index contributed by atoms with van der Waals surface area (Å²) in [4.78, 5) is 0. The Bertz CT molecular complexity index is 447. The molecule has 0 atom stereocenters. The van der Waals surface area contributed by atoms with Crippen LogP contribution >= 0.6 is 11.6 Å². The smallest absolute Gasteiger partial charge is 0.210 e. The van der Waals surface area contributed by atoms with Crippen LogP contribution in [0.5, 0.6) is 0 Å². The first-order valence-electron chi connectivity index (χ1n) is 4.18. The van der Waals surface area contributed by atoms with Crippen LogP contribution in [0.4, 0.5) is 11.4 Å². The van der Waals surface area contributed by atoms with Gasteiger partial charge in [0.1, 0.15) is 0 Å². The molecule has 15 heavy (non-hydrogen) atoms. The molecule has 0 fully saturated rings. The number of hydrogen-bond donors (Lipinski definition) is 3. The predicted molar refractivity (Wildman–Crippen MR) is 62.3 cm³/mol. The number of rotatable bonds is 4. The average Bonchev–Trinajstić information content (AvgIpc) is 2.07. The number of primary sulfonamides is 1. The lowest BCUT2D eigenvalue weighted by Gasteiger charge is -2.07. The van der Waals surface area contributed by atoms with Crippen LogP contribution in [-0.4, -0.2) is 20.7 Å². The molecule has 0 aliphatic heterocycles. The van der Waals surface area contributed by atoms with Crippen molar-refractivity contribution < 1.29 is 8.42 Å². The quantitative estimate of drug-likeness (QED) is 0.682. The van der Waals surface area contributed by atoms with E-state index in [2.05, 4.69) is 5.32 Å². The van der Waals surface area contributed by atoms with Crippen molar-refractivity contribution in [3.63, 3.8) is 0 Å². The molecule has 0 heterocycles. The lowest BCUT2D eigenvalue weighted by atomic mass is 10.3. The van der Waals surface area contributed by atoms with Gasteiger partial charge >= 0.3 is 0 Å². The molecule has 0 aromatic heterocycles. The van der Waals surface area contributed by atoms with Crippen LogP contribution in [0.3, 0.4) is 0 Å². The van der Waals surface area contributed by atoms with E-state index in [-0.39, 0.29) is 12.3 Å². The first-order chi connectivity index (χ1) is 6.88. The molecule has 1 aromatic rings. The summed E-state index contributed by atoms with van der Waals surface area (Å²) < 4.78 is 21.3. The second kappa shape index (κ2) is 4.69. The third-order valence-electron chi connectivity index (χ3n) is 1.70. The molecular weight excluding hydrogens is 238 g/mol. The summed E-state index contributed by atoms with van der Waals surface area (Å²) in [6, 6.07) is 4.94. The van der Waals surface area contributed by atoms with E-state index < -0.39 is 10.0 Å². The Kier molecular flexibility index (Phi) is 3.78. The maximum atomic E-state index is 10.6. The van der Waals surface area contributed by atoms with Crippen molar-refractivity contribution in [2.24, 2.45) is 5.14 Å². The van der Waals surface area contributed by atoms with Gasteiger partial charge in [0.25, 0.3) is 0 Å². The predicted octanol–water partition coefficient (Wildman–Crippen LogP) is 0.623. The van der Waals surface area contributed by atoms with Gasteiger partial charge in [0.15, 0.2) is 0 Å². The van der Waals surface area contributed by atoms with E-state index in [4.69, 9.17) is 22.5 Å². The van der Waals surface area contributed by atoms with Crippen LogP contribution in [0.15, 0.2) is 18.2 Å². The van der Waals surface area contributed by atoms with Crippen LogP contribution in [0, 0.1) is 0 Å². The van der Waals surface area contributed by atoms with Gasteiger partial charge in [-0.15, -0.1) is 0 Å². The zero-order chi connectivity index (χ0) is 11.5. The van der Waals surface area contributed by atoms with Gasteiger partial charge in [-0.25, -0.2) is 13.6 Å². The Balaban J connectivity index is 2.59. The lowest BCUT2D eigenvalue weighted by molar-refractivity contribution is 0.598. The molecule has 1 aromatic carbocycles. The Labute approximate surface area is 93.5 Å². The summed E-state index contributed by atoms with van der Waals surface area (Å²) in [5, 5.41) is 8.14. The molecule has 0 unspecified atom stereocenters. The molecule has 1 rings (SSSR count). The third-order valence-corrected chi connectivity index (χ3v) is 2.78. The number of benzene rings is 1. The molecule has 0 radical (unpaired) electrons. The maximum absolute atomic E-state index is 10.6. The molecule has 7 heteroatoms. The van der Waals surface area contributed by atoms with E-state index in [0.717, 1.165) is 0 Å². The molecule has 0 bridgehead atoms. The SMILES string of the molecule is Nc1ccc(NCCS(N)(=O)=O)c(Cl)c1. The van der Waals surface area contributed by atoms with Crippen molar-refractivity contribution in [1.82, 2.24) is 0 Å². The molecule has 0 aliphatic carbocycles. The highest BCUT2D eigenvalue weighted by atomic mass is 35.5. The monoisotopic (exact) mass is 249 g/mol. The zero-order valence-electron chi connectivity index (χ0n) is 7.90. The minimum Gasteiger partial charge on any atom is -0.399 e. The summed E-state index contributed by atoms with van der Waals surface area (Å²) in [7, 11) is -3.45. The van der Waals surface area contributed by atoms with E-state index >= 15 is 0 Å². The molecule has 84 valence electrons. The molecular formula is C8H12ClN3O2S. The summed E-state index contributed by atoms with van der Waals surface area (Å²) in [6.07, 6.45) is 0. The van der Waals surface area contributed by atoms with E-state index in [1.165, 1.54) is 0 Å². The van der Waals surface area contributed by atoms with E-state index in [0.29, 0.717) is 16.4 Å². The third kappa shape index (κ3) is 4.37. The van der Waals surface area contributed by atoms with Crippen molar-refractivity contribution in [3.05, 3.63) is 23.2 Å². The van der Waals surface area contributed by atoms with E-state index in [9.17, 15) is 8.42 Å². The van der Waals surface area contributed by atoms with Gasteiger partial charge < -0.3 is 11.1 Å². The Morgan fingerprint density at radius 3 is 2.60 bits per heavy atom. The minimum atomic E-state index is -3.45. The standard InChI is InChI=1S/C8H12ClN3O2S/c9-7-5-6(10)1-2-8(7)12-3-4-15(11,13)14/h1-2,5,12H,3-4,10H2,(H2,11,13,14). The highest BCUT2D eigenvalue weighted by Crippen LogP contribution is 2.23. The normalized spacial score (nSPS) is 11.3. The molecule has 5 N–H and O–H groups in total. The fraction of sp³-hybridized carbons (Fsp3) is 0.250. The van der Waals surface area contributed by atoms with Gasteiger partial charge in [-0.3, -0.25) is 0 Å². The van der Waals surface area contributed by atoms with Crippen LogP contribution in [0.1, 0.15) is 0 Å². The molecule has 0 saturated carbocycles. The fourth-order valence-corrected chi connectivity index (χ4v) is 1.65. The Morgan fingerprint density at radius 2 is 2.07 bits per heavy atom. The van der Waals surface area contributed by atoms with Gasteiger partial charge in [-0.2, -0.15) is 0 Å². The number of nitrogens with one attached hydrogen (secondary N) is 1. The van der Waals surface area contributed by atoms with Gasteiger partial charge in [0.05, 0.1) is 16.5 Å². The summed E-state index contributed by atoms with van der Waals surface area (Å²) in [5.74, 6) is -0.145. The molecule has 5 nitrogen and oxygen atoms in total. The molecule has 0 amide bonds. The fourth-order valence-electron chi connectivity index (χ4n) is 1.00. The van der Waals surface area contributed by atoms with E-state index in [1.54, 1.807) is 18.2 Å². The summed E-state index contributed by atoms with van der Waals surface area (Å²) in [5.41, 5.74) is 6.68. The maximum Gasteiger partial charge on any atom is 0.210 e. The number of halogens is 1. The van der Waals surface area contributed by atoms with Crippen molar-refractivity contribution in [2.45, 2.75) is 0 Å². The first kappa shape index (κ1) is 12.1. The van der Waals surface area contributed by atoms with Crippen LogP contribution in [-0.2, 0) is 10.0 Å². The van der Waals surface area contributed by atoms with Gasteiger partial charge in [0.2, 0.25) is 10.0 Å². The zero-order valence-corrected chi connectivity index (χ0v) is 9.48. The molecule has 0 saturated heterocycles. The number of hydrogen-bond acceptors (Lipinski definition) is 4. The number of nitrogen functional groups attached to an aromatic ring is 1. The second-order valence-corrected chi connectivity index (χ2v) is 5.17. The number of sulfonamides is 1. The van der Waals surface area contributed by atoms with E-state index in [1.807, 2.05) is 0 Å². The largest absolute Gasteiger partial charge is 0.399 e. The average molecular weight is 250 g/mol. The van der Waals surface area contributed by atoms with Crippen LogP contribution < -0.4 is 16.2 Å². The van der Waals surface area contributed by atoms with Crippen molar-refractivity contribution >= 4 is 33.0 Å². The van der Waals surface area contributed by atoms with Crippen LogP contribution in [0.25, 0.3) is 0 Å². The Morgan fingerprint density at radius 1 is 1.40 bits per heavy atom. The van der Waals surface area contributed by atoms with Crippen molar-refractivity contribution in [2.75, 3.05) is 23.3 Å². The number of nitrogens with two attached hydrogens (primary N) is 2. The summed E-state index contributed by atoms with van der Waals surface area (Å²) in [6.45, 7) is 0.211. The topological polar surface area (TPSA) is 98.2 Å². The Hall–Kier alpha value is -0.980. The van der Waals surface area contributed by atoms with Gasteiger partial charge in [-0.05, 0) is 18.2 Å². The highest BCUT2D eigenvalue weighted by molar-refractivity contribution is 7.89. The van der Waals surface area contributed by atoms with Crippen molar-refractivity contribution in [3.8, 4) is 0 Å². The number of anilines is 2. The minimum absolute atomic E-state index is 0.145. The first-order valence-corrected chi connectivity index (χ1v) is 6.27. The molecule has 0 spiro atoms. The lowest BCUT2D eigenvalue weighted by Crippen LogP contribution is -2.22.